The van der Waals surface area contributed by atoms with Crippen molar-refractivity contribution >= 4 is 0 Å². The molecular weight excluding hydrogens is 252 g/mol. The van der Waals surface area contributed by atoms with Crippen LogP contribution >= 0.6 is 0 Å². The zero-order chi connectivity index (χ0) is 13.0. The van der Waals surface area contributed by atoms with Crippen LogP contribution in [0.1, 0.15) is 27.7 Å². The monoisotopic (exact) mass is 268 g/mol. The van der Waals surface area contributed by atoms with E-state index in [-0.39, 0.29) is 0 Å². The van der Waals surface area contributed by atoms with E-state index >= 15 is 0 Å². The molecular formula is C8H16N2O8+2. The van der Waals surface area contributed by atoms with Crippen LogP contribution in [0.2, 0.25) is 0 Å². The molecule has 3 aliphatic rings. The third-order valence-electron chi connectivity index (χ3n) is 2.22. The lowest BCUT2D eigenvalue weighted by atomic mass is 10.7. The van der Waals surface area contributed by atoms with Gasteiger partial charge in [-0.05, 0) is 27.7 Å². The fraction of sp³-hybridized carbons (Fsp3) is 1.00. The first-order valence-corrected chi connectivity index (χ1v) is 5.66. The van der Waals surface area contributed by atoms with Gasteiger partial charge in [0.05, 0.1) is 0 Å². The summed E-state index contributed by atoms with van der Waals surface area (Å²) in [6.07, 6.45) is -2.53. The van der Waals surface area contributed by atoms with Crippen LogP contribution in [0.3, 0.4) is 0 Å². The minimum absolute atomic E-state index is 0.441. The number of nitrogens with zero attached hydrogens (tertiary/aromatic N) is 2. The number of rotatable bonds is 0. The smallest absolute Gasteiger partial charge is 0.0573 e. The summed E-state index contributed by atoms with van der Waals surface area (Å²) in [5, 5.41) is -1.81. The highest BCUT2D eigenvalue weighted by Gasteiger charge is 2.65. The second kappa shape index (κ2) is 4.05. The summed E-state index contributed by atoms with van der Waals surface area (Å²) in [5.74, 6) is 0. The maximum absolute atomic E-state index is 5.31. The molecule has 0 N–H and O–H groups in total. The second-order valence-electron chi connectivity index (χ2n) is 4.01. The van der Waals surface area contributed by atoms with Gasteiger partial charge in [0.1, 0.15) is 0 Å². The van der Waals surface area contributed by atoms with E-state index in [0.717, 1.165) is 0 Å². The molecule has 3 aliphatic heterocycles. The predicted octanol–water partition coefficient (Wildman–Crippen LogP) is 0.498. The molecule has 0 saturated carbocycles. The summed E-state index contributed by atoms with van der Waals surface area (Å²) in [6.45, 7) is 6.58. The second-order valence-corrected chi connectivity index (χ2v) is 4.01. The molecule has 2 spiro atoms. The van der Waals surface area contributed by atoms with Gasteiger partial charge in [-0.1, -0.05) is 38.7 Å². The van der Waals surface area contributed by atoms with Gasteiger partial charge in [-0.25, -0.2) is 0 Å². The number of hydrogen-bond acceptors (Lipinski definition) is 8. The summed E-state index contributed by atoms with van der Waals surface area (Å²) in [7, 11) is 0. The minimum atomic E-state index is -0.904. The van der Waals surface area contributed by atoms with Gasteiger partial charge in [-0.2, -0.15) is 0 Å². The normalized spacial score (nSPS) is 56.7. The van der Waals surface area contributed by atoms with Gasteiger partial charge < -0.3 is 0 Å². The Hall–Kier alpha value is -0.400. The Labute approximate surface area is 103 Å². The van der Waals surface area contributed by atoms with E-state index in [1.807, 2.05) is 0 Å². The van der Waals surface area contributed by atoms with Crippen LogP contribution in [0.5, 0.6) is 0 Å². The molecule has 10 heteroatoms. The van der Waals surface area contributed by atoms with Gasteiger partial charge in [0, 0.05) is 0 Å². The first kappa shape index (κ1) is 12.6. The molecule has 104 valence electrons. The van der Waals surface area contributed by atoms with Crippen LogP contribution in [0.4, 0.5) is 0 Å². The Kier molecular flexibility index (Phi) is 2.84. The van der Waals surface area contributed by atoms with E-state index in [1.54, 1.807) is 27.7 Å². The molecule has 0 radical (unpaired) electrons. The molecule has 3 saturated heterocycles. The van der Waals surface area contributed by atoms with Crippen molar-refractivity contribution in [3.05, 3.63) is 0 Å². The lowest BCUT2D eigenvalue weighted by Gasteiger charge is -2.42. The van der Waals surface area contributed by atoms with Crippen molar-refractivity contribution in [2.24, 2.45) is 0 Å². The topological polar surface area (TPSA) is 73.8 Å². The van der Waals surface area contributed by atoms with Crippen molar-refractivity contribution in [2.75, 3.05) is 0 Å². The minimum Gasteiger partial charge on any atom is -0.0573 e. The lowest BCUT2D eigenvalue weighted by Crippen LogP contribution is -2.70. The standard InChI is InChI=1S/C8H16N2O8/c1-5-11-9(15-7(3)16-9)13-6(2)14-10(12-5)17-8(4)18-10/h5-8H,1-4H3/q+2. The third-order valence-corrected chi connectivity index (χ3v) is 2.22. The van der Waals surface area contributed by atoms with Crippen LogP contribution in [-0.2, 0) is 38.7 Å². The van der Waals surface area contributed by atoms with Crippen LogP contribution in [0.25, 0.3) is 0 Å². The molecule has 0 unspecified atom stereocenters. The molecule has 3 rings (SSSR count). The first-order chi connectivity index (χ1) is 8.40. The van der Waals surface area contributed by atoms with Crippen molar-refractivity contribution < 1.29 is 49.0 Å². The van der Waals surface area contributed by atoms with Crippen LogP contribution in [0.15, 0.2) is 0 Å². The Balaban J connectivity index is 1.69. The average molecular weight is 268 g/mol. The molecule has 0 aromatic rings. The summed E-state index contributed by atoms with van der Waals surface area (Å²) in [5.41, 5.74) is 0. The summed E-state index contributed by atoms with van der Waals surface area (Å²) in [6, 6.07) is 0. The maximum atomic E-state index is 5.31. The number of quaternary nitrogens is 2. The maximum Gasteiger partial charge on any atom is 0.293 e. The highest BCUT2D eigenvalue weighted by Crippen LogP contribution is 2.37. The molecule has 3 heterocycles. The van der Waals surface area contributed by atoms with Gasteiger partial charge in [0.25, 0.3) is 35.4 Å². The molecule has 0 atom stereocenters. The summed E-state index contributed by atoms with van der Waals surface area (Å²) >= 11 is 0. The summed E-state index contributed by atoms with van der Waals surface area (Å²) in [4.78, 5) is 42.1. The van der Waals surface area contributed by atoms with Crippen molar-refractivity contribution in [2.45, 2.75) is 52.9 Å². The van der Waals surface area contributed by atoms with Crippen molar-refractivity contribution in [1.29, 1.82) is 0 Å². The largest absolute Gasteiger partial charge is 0.293 e. The van der Waals surface area contributed by atoms with E-state index in [9.17, 15) is 0 Å². The van der Waals surface area contributed by atoms with Crippen LogP contribution < -0.4 is 0 Å². The molecule has 18 heavy (non-hydrogen) atoms. The Morgan fingerprint density at radius 2 is 0.611 bits per heavy atom. The van der Waals surface area contributed by atoms with Crippen LogP contribution in [0, 0.1) is 0 Å². The Morgan fingerprint density at radius 1 is 0.444 bits per heavy atom. The molecule has 0 aromatic heterocycles. The van der Waals surface area contributed by atoms with Crippen molar-refractivity contribution in [3.8, 4) is 0 Å². The average Bonchev–Trinajstić information content (AvgIpc) is 2.09. The van der Waals surface area contributed by atoms with Gasteiger partial charge in [-0.15, -0.1) is 0 Å². The quantitative estimate of drug-likeness (QED) is 0.588. The van der Waals surface area contributed by atoms with E-state index in [2.05, 4.69) is 0 Å². The highest BCUT2D eigenvalue weighted by molar-refractivity contribution is 4.25. The molecule has 0 aliphatic carbocycles. The van der Waals surface area contributed by atoms with Crippen molar-refractivity contribution in [1.82, 2.24) is 0 Å². The fourth-order valence-corrected chi connectivity index (χ4v) is 1.76. The number of hydrogen-bond donors (Lipinski definition) is 0. The predicted molar refractivity (Wildman–Crippen MR) is 47.0 cm³/mol. The van der Waals surface area contributed by atoms with E-state index in [1.165, 1.54) is 0 Å². The SMILES string of the molecule is CC1O[N+]2(O1)OC(C)O[N+]1(OC(C)O1)OC(C)O2. The zero-order valence-corrected chi connectivity index (χ0v) is 10.5. The van der Waals surface area contributed by atoms with Crippen LogP contribution in [-0.4, -0.2) is 35.4 Å². The molecule has 0 aromatic carbocycles. The van der Waals surface area contributed by atoms with E-state index < -0.39 is 35.4 Å². The molecule has 0 amide bonds. The van der Waals surface area contributed by atoms with E-state index in [0.29, 0.717) is 0 Å². The lowest BCUT2D eigenvalue weighted by molar-refractivity contribution is -1.58. The fourth-order valence-electron chi connectivity index (χ4n) is 1.76. The van der Waals surface area contributed by atoms with Gasteiger partial charge in [0.15, 0.2) is 0 Å². The Morgan fingerprint density at radius 3 is 0.778 bits per heavy atom. The zero-order valence-electron chi connectivity index (χ0n) is 10.5. The highest BCUT2D eigenvalue weighted by atomic mass is 17.5. The van der Waals surface area contributed by atoms with Gasteiger partial charge >= 0.3 is 0 Å². The molecule has 0 bridgehead atoms. The van der Waals surface area contributed by atoms with Gasteiger partial charge in [0.2, 0.25) is 0 Å². The molecule has 10 nitrogen and oxygen atoms in total. The first-order valence-electron chi connectivity index (χ1n) is 5.66. The van der Waals surface area contributed by atoms with Gasteiger partial charge in [-0.3, -0.25) is 0 Å². The molecule has 3 fully saturated rings. The van der Waals surface area contributed by atoms with Crippen molar-refractivity contribution in [3.63, 3.8) is 0 Å². The Bertz CT molecular complexity index is 281. The van der Waals surface area contributed by atoms with E-state index in [4.69, 9.17) is 38.7 Å². The summed E-state index contributed by atoms with van der Waals surface area (Å²) < 4.78 is 0. The third kappa shape index (κ3) is 2.12.